The Morgan fingerprint density at radius 3 is 2.83 bits per heavy atom. The summed E-state index contributed by atoms with van der Waals surface area (Å²) in [5.74, 6) is 0.529. The number of nitrogens with two attached hydrogens (primary N) is 1. The Bertz CT molecular complexity index is 240. The van der Waals surface area contributed by atoms with E-state index in [4.69, 9.17) is 5.73 Å². The van der Waals surface area contributed by atoms with Gasteiger partial charge in [0.2, 0.25) is 5.91 Å². The second kappa shape index (κ2) is 3.57. The molecule has 0 aromatic rings. The van der Waals surface area contributed by atoms with E-state index in [1.165, 1.54) is 0 Å². The molecule has 1 rings (SSSR count). The fourth-order valence-corrected chi connectivity index (χ4v) is 1.60. The van der Waals surface area contributed by atoms with Crippen LogP contribution >= 0.6 is 0 Å². The average Bonchev–Trinajstić information content (AvgIpc) is 2.10. The highest BCUT2D eigenvalue weighted by Crippen LogP contribution is 2.23. The first-order chi connectivity index (χ1) is 5.61. The molecule has 1 amide bonds. The van der Waals surface area contributed by atoms with Crippen LogP contribution in [0.5, 0.6) is 0 Å². The fourth-order valence-electron chi connectivity index (χ4n) is 1.60. The predicted octanol–water partition coefficient (Wildman–Crippen LogP) is 1.63. The summed E-state index contributed by atoms with van der Waals surface area (Å²) in [5.41, 5.74) is 5.98. The van der Waals surface area contributed by atoms with Gasteiger partial charge in [0.15, 0.2) is 0 Å². The summed E-state index contributed by atoms with van der Waals surface area (Å²) < 4.78 is 0. The van der Waals surface area contributed by atoms with Crippen LogP contribution in [0, 0.1) is 11.8 Å². The molecule has 0 aromatic carbocycles. The van der Waals surface area contributed by atoms with E-state index in [2.05, 4.69) is 13.0 Å². The Hall–Kier alpha value is -1.05. The number of rotatable bonds is 1. The first-order valence-electron chi connectivity index (χ1n) is 4.29. The Kier molecular flexibility index (Phi) is 2.69. The molecular weight excluding hydrogens is 150 g/mol. The standard InChI is InChI=1S/C10H15NO/c1-7-4-3-5-9(10(11)12)8(2)6-7/h3-5,7-8H,6H2,1-2H3,(H2,11,12). The van der Waals surface area contributed by atoms with Crippen LogP contribution in [-0.2, 0) is 4.79 Å². The van der Waals surface area contributed by atoms with Gasteiger partial charge in [0.05, 0.1) is 0 Å². The average molecular weight is 165 g/mol. The van der Waals surface area contributed by atoms with Crippen LogP contribution in [0.4, 0.5) is 0 Å². The van der Waals surface area contributed by atoms with Crippen molar-refractivity contribution in [1.29, 1.82) is 0 Å². The summed E-state index contributed by atoms with van der Waals surface area (Å²) in [7, 11) is 0. The van der Waals surface area contributed by atoms with Crippen molar-refractivity contribution >= 4 is 5.91 Å². The Morgan fingerprint density at radius 1 is 1.58 bits per heavy atom. The second-order valence-corrected chi connectivity index (χ2v) is 3.49. The molecule has 1 aliphatic rings. The van der Waals surface area contributed by atoms with Crippen LogP contribution in [0.25, 0.3) is 0 Å². The molecule has 0 saturated carbocycles. The van der Waals surface area contributed by atoms with Crippen LogP contribution in [0.15, 0.2) is 23.8 Å². The van der Waals surface area contributed by atoms with Crippen molar-refractivity contribution in [3.63, 3.8) is 0 Å². The van der Waals surface area contributed by atoms with Gasteiger partial charge in [-0.2, -0.15) is 0 Å². The molecule has 1 aliphatic carbocycles. The molecule has 2 N–H and O–H groups in total. The zero-order valence-electron chi connectivity index (χ0n) is 7.58. The van der Waals surface area contributed by atoms with E-state index in [1.54, 1.807) is 0 Å². The quantitative estimate of drug-likeness (QED) is 0.630. The zero-order chi connectivity index (χ0) is 9.14. The molecule has 0 saturated heterocycles. The lowest BCUT2D eigenvalue weighted by atomic mass is 9.92. The maximum absolute atomic E-state index is 10.9. The highest BCUT2D eigenvalue weighted by Gasteiger charge is 2.17. The number of hydrogen-bond acceptors (Lipinski definition) is 1. The van der Waals surface area contributed by atoms with Crippen LogP contribution in [0.3, 0.4) is 0 Å². The molecule has 0 heterocycles. The molecule has 0 fully saturated rings. The van der Waals surface area contributed by atoms with Crippen molar-refractivity contribution in [2.45, 2.75) is 20.3 Å². The van der Waals surface area contributed by atoms with E-state index in [9.17, 15) is 4.79 Å². The molecule has 66 valence electrons. The maximum atomic E-state index is 10.9. The highest BCUT2D eigenvalue weighted by atomic mass is 16.1. The molecular formula is C10H15NO. The van der Waals surface area contributed by atoms with Crippen molar-refractivity contribution in [2.24, 2.45) is 17.6 Å². The summed E-state index contributed by atoms with van der Waals surface area (Å²) in [6, 6.07) is 0. The third kappa shape index (κ3) is 1.97. The molecule has 0 spiro atoms. The lowest BCUT2D eigenvalue weighted by Gasteiger charge is -2.13. The number of primary amides is 1. The smallest absolute Gasteiger partial charge is 0.244 e. The van der Waals surface area contributed by atoms with E-state index in [0.29, 0.717) is 5.92 Å². The first kappa shape index (κ1) is 9.04. The van der Waals surface area contributed by atoms with Gasteiger partial charge < -0.3 is 5.73 Å². The minimum Gasteiger partial charge on any atom is -0.366 e. The van der Waals surface area contributed by atoms with Crippen LogP contribution in [0.2, 0.25) is 0 Å². The summed E-state index contributed by atoms with van der Waals surface area (Å²) >= 11 is 0. The number of carbonyl (C=O) groups excluding carboxylic acids is 1. The molecule has 12 heavy (non-hydrogen) atoms. The Balaban J connectivity index is 2.81. The van der Waals surface area contributed by atoms with Gasteiger partial charge in [0.25, 0.3) is 0 Å². The molecule has 2 unspecified atom stereocenters. The molecule has 2 nitrogen and oxygen atoms in total. The molecule has 2 heteroatoms. The van der Waals surface area contributed by atoms with Gasteiger partial charge in [0.1, 0.15) is 0 Å². The van der Waals surface area contributed by atoms with Crippen molar-refractivity contribution in [3.05, 3.63) is 23.8 Å². The van der Waals surface area contributed by atoms with Crippen molar-refractivity contribution < 1.29 is 4.79 Å². The lowest BCUT2D eigenvalue weighted by Crippen LogP contribution is -2.19. The molecule has 0 bridgehead atoms. The monoisotopic (exact) mass is 165 g/mol. The molecule has 0 aromatic heterocycles. The van der Waals surface area contributed by atoms with Crippen LogP contribution in [-0.4, -0.2) is 5.91 Å². The van der Waals surface area contributed by atoms with Gasteiger partial charge in [-0.1, -0.05) is 32.1 Å². The largest absolute Gasteiger partial charge is 0.366 e. The predicted molar refractivity (Wildman–Crippen MR) is 49.4 cm³/mol. The number of allylic oxidation sites excluding steroid dienone is 3. The van der Waals surface area contributed by atoms with E-state index in [1.807, 2.05) is 19.1 Å². The lowest BCUT2D eigenvalue weighted by molar-refractivity contribution is -0.115. The Labute approximate surface area is 73.1 Å². The summed E-state index contributed by atoms with van der Waals surface area (Å²) in [5, 5.41) is 0. The first-order valence-corrected chi connectivity index (χ1v) is 4.29. The number of hydrogen-bond donors (Lipinski definition) is 1. The number of amides is 1. The van der Waals surface area contributed by atoms with Gasteiger partial charge in [0, 0.05) is 5.57 Å². The highest BCUT2D eigenvalue weighted by molar-refractivity contribution is 5.92. The fraction of sp³-hybridized carbons (Fsp3) is 0.500. The summed E-state index contributed by atoms with van der Waals surface area (Å²) in [4.78, 5) is 10.9. The third-order valence-electron chi connectivity index (χ3n) is 2.26. The zero-order valence-corrected chi connectivity index (χ0v) is 7.58. The van der Waals surface area contributed by atoms with Gasteiger partial charge >= 0.3 is 0 Å². The Morgan fingerprint density at radius 2 is 2.25 bits per heavy atom. The normalized spacial score (nSPS) is 29.3. The molecule has 0 radical (unpaired) electrons. The van der Waals surface area contributed by atoms with E-state index < -0.39 is 0 Å². The van der Waals surface area contributed by atoms with Crippen LogP contribution in [0.1, 0.15) is 20.3 Å². The molecule has 2 atom stereocenters. The minimum atomic E-state index is -0.291. The van der Waals surface area contributed by atoms with Crippen molar-refractivity contribution in [2.75, 3.05) is 0 Å². The second-order valence-electron chi connectivity index (χ2n) is 3.49. The minimum absolute atomic E-state index is 0.285. The van der Waals surface area contributed by atoms with Crippen molar-refractivity contribution in [1.82, 2.24) is 0 Å². The summed E-state index contributed by atoms with van der Waals surface area (Å²) in [6.07, 6.45) is 6.86. The topological polar surface area (TPSA) is 43.1 Å². The van der Waals surface area contributed by atoms with E-state index in [-0.39, 0.29) is 11.8 Å². The number of carbonyl (C=O) groups is 1. The maximum Gasteiger partial charge on any atom is 0.244 e. The van der Waals surface area contributed by atoms with E-state index >= 15 is 0 Å². The van der Waals surface area contributed by atoms with Gasteiger partial charge in [-0.15, -0.1) is 0 Å². The van der Waals surface area contributed by atoms with Crippen LogP contribution < -0.4 is 5.73 Å². The van der Waals surface area contributed by atoms with Gasteiger partial charge in [-0.25, -0.2) is 0 Å². The third-order valence-corrected chi connectivity index (χ3v) is 2.26. The van der Waals surface area contributed by atoms with E-state index in [0.717, 1.165) is 12.0 Å². The van der Waals surface area contributed by atoms with Gasteiger partial charge in [-0.3, -0.25) is 4.79 Å². The molecule has 0 aliphatic heterocycles. The summed E-state index contributed by atoms with van der Waals surface area (Å²) in [6.45, 7) is 4.19. The van der Waals surface area contributed by atoms with Crippen molar-refractivity contribution in [3.8, 4) is 0 Å². The van der Waals surface area contributed by atoms with Gasteiger partial charge in [-0.05, 0) is 18.3 Å². The SMILES string of the molecule is CC1C=CC=C(C(N)=O)C(C)C1.